The van der Waals surface area contributed by atoms with E-state index in [1.165, 1.54) is 12.8 Å². The van der Waals surface area contributed by atoms with Gasteiger partial charge in [-0.2, -0.15) is 0 Å². The molecule has 1 aromatic carbocycles. The molecule has 1 amide bonds. The standard InChI is InChI=1S/C26H36ClN7O2.2ClH/c27-17-12-13-20-19(16-17)23(33-24(30-20)25(35)29-18-8-3-1-2-4-9-18)31-21-10-5-6-11-22(21)32-26(28)34-14-7-15-36-34;;/h12-13,16,18,21-22H,1-11,14-15H2,(H2,28,32)(H,29,35)(H,30,31,33);2*1H/t21-,22+;;/m0../s1. The van der Waals surface area contributed by atoms with Crippen molar-refractivity contribution in [3.8, 4) is 0 Å². The van der Waals surface area contributed by atoms with E-state index in [0.29, 0.717) is 28.9 Å². The van der Waals surface area contributed by atoms with Crippen LogP contribution < -0.4 is 16.4 Å². The Morgan fingerprint density at radius 1 is 1.03 bits per heavy atom. The van der Waals surface area contributed by atoms with E-state index < -0.39 is 0 Å². The lowest BCUT2D eigenvalue weighted by Crippen LogP contribution is -2.41. The summed E-state index contributed by atoms with van der Waals surface area (Å²) >= 11 is 6.33. The SMILES string of the molecule is Cl.Cl.NC(=N[C@@H]1CCCC[C@@H]1Nc1nc(C(=O)NC2CCCCCC2)nc2ccc(Cl)cc12)N1CCCO1. The number of benzene rings is 1. The summed E-state index contributed by atoms with van der Waals surface area (Å²) in [5, 5.41) is 9.83. The average Bonchev–Trinajstić information content (AvgIpc) is 3.31. The lowest BCUT2D eigenvalue weighted by atomic mass is 9.90. The number of guanidine groups is 1. The number of aromatic nitrogens is 2. The number of aliphatic imine (C=N–C) groups is 1. The van der Waals surface area contributed by atoms with Gasteiger partial charge in [0.25, 0.3) is 5.91 Å². The maximum atomic E-state index is 13.2. The van der Waals surface area contributed by atoms with E-state index in [9.17, 15) is 4.79 Å². The smallest absolute Gasteiger partial charge is 0.289 e. The maximum absolute atomic E-state index is 13.2. The van der Waals surface area contributed by atoms with Crippen LogP contribution in [-0.2, 0) is 4.84 Å². The van der Waals surface area contributed by atoms with Crippen molar-refractivity contribution in [2.75, 3.05) is 18.5 Å². The first kappa shape index (κ1) is 30.5. The molecular weight excluding hydrogens is 549 g/mol. The minimum atomic E-state index is -0.226. The van der Waals surface area contributed by atoms with Crippen molar-refractivity contribution in [1.82, 2.24) is 20.3 Å². The van der Waals surface area contributed by atoms with Crippen LogP contribution in [0.3, 0.4) is 0 Å². The van der Waals surface area contributed by atoms with Gasteiger partial charge in [0.05, 0.1) is 30.8 Å². The molecule has 210 valence electrons. The normalized spacial score (nSPS) is 22.8. The number of anilines is 1. The van der Waals surface area contributed by atoms with Crippen LogP contribution in [0.4, 0.5) is 5.82 Å². The molecule has 0 radical (unpaired) electrons. The lowest BCUT2D eigenvalue weighted by molar-refractivity contribution is -0.0456. The topological polar surface area (TPSA) is 118 Å². The number of hydroxylamine groups is 2. The van der Waals surface area contributed by atoms with Crippen molar-refractivity contribution in [1.29, 1.82) is 0 Å². The molecule has 2 aliphatic carbocycles. The summed E-state index contributed by atoms with van der Waals surface area (Å²) in [6.45, 7) is 1.43. The summed E-state index contributed by atoms with van der Waals surface area (Å²) in [6.07, 6.45) is 11.7. The zero-order valence-corrected chi connectivity index (χ0v) is 23.9. The Bertz CT molecular complexity index is 1110. The van der Waals surface area contributed by atoms with Crippen molar-refractivity contribution in [3.05, 3.63) is 29.0 Å². The number of amides is 1. The van der Waals surface area contributed by atoms with Crippen LogP contribution in [-0.4, -0.2) is 58.2 Å². The van der Waals surface area contributed by atoms with Crippen LogP contribution >= 0.6 is 36.4 Å². The molecule has 2 saturated carbocycles. The van der Waals surface area contributed by atoms with Gasteiger partial charge in [-0.15, -0.1) is 24.8 Å². The van der Waals surface area contributed by atoms with E-state index in [1.54, 1.807) is 11.1 Å². The third kappa shape index (κ3) is 7.52. The predicted octanol–water partition coefficient (Wildman–Crippen LogP) is 5.25. The van der Waals surface area contributed by atoms with Crippen LogP contribution in [0.5, 0.6) is 0 Å². The quantitative estimate of drug-likeness (QED) is 0.249. The minimum Gasteiger partial charge on any atom is -0.368 e. The van der Waals surface area contributed by atoms with Crippen molar-refractivity contribution in [2.45, 2.75) is 88.8 Å². The number of hydrogen-bond acceptors (Lipinski definition) is 6. The van der Waals surface area contributed by atoms with E-state index in [0.717, 1.165) is 69.7 Å². The van der Waals surface area contributed by atoms with Crippen molar-refractivity contribution < 1.29 is 9.63 Å². The lowest BCUT2D eigenvalue weighted by Gasteiger charge is -2.31. The number of carbonyl (C=O) groups is 1. The van der Waals surface area contributed by atoms with Gasteiger partial charge in [-0.05, 0) is 50.3 Å². The highest BCUT2D eigenvalue weighted by Crippen LogP contribution is 2.29. The van der Waals surface area contributed by atoms with E-state index in [4.69, 9.17) is 32.1 Å². The Labute approximate surface area is 241 Å². The van der Waals surface area contributed by atoms with Gasteiger partial charge in [0.1, 0.15) is 5.82 Å². The molecule has 1 aromatic heterocycles. The zero-order chi connectivity index (χ0) is 24.9. The van der Waals surface area contributed by atoms with Crippen molar-refractivity contribution in [3.63, 3.8) is 0 Å². The maximum Gasteiger partial charge on any atom is 0.289 e. The molecule has 2 atom stereocenters. The molecule has 4 N–H and O–H groups in total. The van der Waals surface area contributed by atoms with Gasteiger partial charge in [0.15, 0.2) is 0 Å². The molecule has 38 heavy (non-hydrogen) atoms. The fourth-order valence-corrected chi connectivity index (χ4v) is 5.63. The molecule has 0 bridgehead atoms. The van der Waals surface area contributed by atoms with E-state index in [2.05, 4.69) is 15.6 Å². The molecule has 9 nitrogen and oxygen atoms in total. The molecule has 1 saturated heterocycles. The number of nitrogens with one attached hydrogen (secondary N) is 2. The molecule has 2 heterocycles. The van der Waals surface area contributed by atoms with Crippen LogP contribution in [0.25, 0.3) is 10.9 Å². The van der Waals surface area contributed by atoms with E-state index in [-0.39, 0.29) is 54.7 Å². The second-order valence-corrected chi connectivity index (χ2v) is 10.5. The summed E-state index contributed by atoms with van der Waals surface area (Å²) in [6, 6.07) is 5.66. The minimum absolute atomic E-state index is 0. The van der Waals surface area contributed by atoms with Gasteiger partial charge >= 0.3 is 0 Å². The molecule has 5 rings (SSSR count). The number of carbonyl (C=O) groups excluding carboxylic acids is 1. The molecular formula is C26H38Cl3N7O2. The van der Waals surface area contributed by atoms with E-state index >= 15 is 0 Å². The van der Waals surface area contributed by atoms with Gasteiger partial charge in [-0.3, -0.25) is 9.63 Å². The highest BCUT2D eigenvalue weighted by atomic mass is 35.5. The Balaban J connectivity index is 0.00000200. The number of rotatable bonds is 5. The highest BCUT2D eigenvalue weighted by Gasteiger charge is 2.28. The first-order valence-corrected chi connectivity index (χ1v) is 13.7. The summed E-state index contributed by atoms with van der Waals surface area (Å²) in [5.74, 6) is 0.981. The van der Waals surface area contributed by atoms with Crippen LogP contribution in [0.15, 0.2) is 23.2 Å². The monoisotopic (exact) mass is 585 g/mol. The largest absolute Gasteiger partial charge is 0.368 e. The molecule has 2 aromatic rings. The van der Waals surface area contributed by atoms with Gasteiger partial charge < -0.3 is 16.4 Å². The average molecular weight is 587 g/mol. The van der Waals surface area contributed by atoms with Gasteiger partial charge in [0.2, 0.25) is 11.8 Å². The number of halogens is 3. The molecule has 3 fully saturated rings. The van der Waals surface area contributed by atoms with Crippen LogP contribution in [0.1, 0.15) is 81.2 Å². The molecule has 0 spiro atoms. The summed E-state index contributed by atoms with van der Waals surface area (Å²) < 4.78 is 0. The van der Waals surface area contributed by atoms with Gasteiger partial charge in [-0.1, -0.05) is 50.1 Å². The first-order valence-electron chi connectivity index (χ1n) is 13.4. The number of nitrogens with zero attached hydrogens (tertiary/aromatic N) is 4. The summed E-state index contributed by atoms with van der Waals surface area (Å²) in [4.78, 5) is 32.9. The second kappa shape index (κ2) is 14.4. The Morgan fingerprint density at radius 2 is 1.76 bits per heavy atom. The van der Waals surface area contributed by atoms with E-state index in [1.807, 2.05) is 12.1 Å². The third-order valence-electron chi connectivity index (χ3n) is 7.41. The molecule has 1 aliphatic heterocycles. The zero-order valence-electron chi connectivity index (χ0n) is 21.5. The Hall–Kier alpha value is -2.07. The van der Waals surface area contributed by atoms with Crippen molar-refractivity contribution >= 4 is 65.0 Å². The third-order valence-corrected chi connectivity index (χ3v) is 7.64. The Morgan fingerprint density at radius 3 is 2.50 bits per heavy atom. The Kier molecular flexibility index (Phi) is 11.5. The molecule has 3 aliphatic rings. The fourth-order valence-electron chi connectivity index (χ4n) is 5.46. The summed E-state index contributed by atoms with van der Waals surface area (Å²) in [5.41, 5.74) is 6.95. The second-order valence-electron chi connectivity index (χ2n) is 10.1. The fraction of sp³-hybridized carbons (Fsp3) is 0.615. The molecule has 12 heteroatoms. The summed E-state index contributed by atoms with van der Waals surface area (Å²) in [7, 11) is 0. The number of hydrogen-bond donors (Lipinski definition) is 3. The first-order chi connectivity index (χ1) is 17.6. The number of nitrogens with two attached hydrogens (primary N) is 1. The molecule has 0 unspecified atom stereocenters. The van der Waals surface area contributed by atoms with Gasteiger partial charge in [-0.25, -0.2) is 20.0 Å². The van der Waals surface area contributed by atoms with Crippen LogP contribution in [0, 0.1) is 0 Å². The predicted molar refractivity (Wildman–Crippen MR) is 157 cm³/mol. The number of fused-ring (bicyclic) bond motifs is 1. The van der Waals surface area contributed by atoms with Gasteiger partial charge in [0, 0.05) is 16.5 Å². The highest BCUT2D eigenvalue weighted by molar-refractivity contribution is 6.31. The van der Waals surface area contributed by atoms with Crippen LogP contribution in [0.2, 0.25) is 5.02 Å². The van der Waals surface area contributed by atoms with Crippen molar-refractivity contribution in [2.24, 2.45) is 10.7 Å².